The molecule has 1 aliphatic heterocycles. The van der Waals surface area contributed by atoms with Crippen LogP contribution < -0.4 is 10.6 Å². The maximum Gasteiger partial charge on any atom is 0.225 e. The van der Waals surface area contributed by atoms with E-state index in [9.17, 15) is 4.79 Å². The lowest BCUT2D eigenvalue weighted by Gasteiger charge is -2.23. The number of carbonyl (C=O) groups is 1. The molecule has 3 rings (SSSR count). The first-order chi connectivity index (χ1) is 11.9. The van der Waals surface area contributed by atoms with Crippen LogP contribution in [-0.2, 0) is 18.9 Å². The summed E-state index contributed by atoms with van der Waals surface area (Å²) in [6.45, 7) is 7.67. The molecule has 2 aromatic heterocycles. The van der Waals surface area contributed by atoms with Gasteiger partial charge in [-0.25, -0.2) is 0 Å². The van der Waals surface area contributed by atoms with Crippen LogP contribution in [0.4, 0.5) is 0 Å². The van der Waals surface area contributed by atoms with Gasteiger partial charge in [0.25, 0.3) is 0 Å². The van der Waals surface area contributed by atoms with E-state index in [1.165, 1.54) is 0 Å². The van der Waals surface area contributed by atoms with Gasteiger partial charge in [-0.15, -0.1) is 0 Å². The number of amides is 1. The Morgan fingerprint density at radius 1 is 1.40 bits per heavy atom. The van der Waals surface area contributed by atoms with Gasteiger partial charge in [-0.1, -0.05) is 6.92 Å². The van der Waals surface area contributed by atoms with Crippen molar-refractivity contribution in [2.24, 2.45) is 20.0 Å². The van der Waals surface area contributed by atoms with Crippen LogP contribution in [-0.4, -0.2) is 38.6 Å². The van der Waals surface area contributed by atoms with Crippen molar-refractivity contribution in [3.8, 4) is 0 Å². The van der Waals surface area contributed by atoms with Crippen LogP contribution in [0.1, 0.15) is 47.8 Å². The molecule has 7 heteroatoms. The molecule has 0 spiro atoms. The second kappa shape index (κ2) is 7.00. The Morgan fingerprint density at radius 3 is 2.72 bits per heavy atom. The lowest BCUT2D eigenvalue weighted by atomic mass is 9.89. The van der Waals surface area contributed by atoms with Gasteiger partial charge in [-0.3, -0.25) is 14.2 Å². The lowest BCUT2D eigenvalue weighted by molar-refractivity contribution is -0.125. The highest BCUT2D eigenvalue weighted by Gasteiger charge is 2.36. The molecule has 0 radical (unpaired) electrons. The monoisotopic (exact) mass is 344 g/mol. The maximum absolute atomic E-state index is 13.0. The third kappa shape index (κ3) is 3.33. The van der Waals surface area contributed by atoms with E-state index >= 15 is 0 Å². The van der Waals surface area contributed by atoms with Crippen LogP contribution in [0.25, 0.3) is 0 Å². The Bertz CT molecular complexity index is 762. The fourth-order valence-electron chi connectivity index (χ4n) is 3.89. The Kier molecular flexibility index (Phi) is 4.94. The fraction of sp³-hybridized carbons (Fsp3) is 0.611. The van der Waals surface area contributed by atoms with Gasteiger partial charge >= 0.3 is 0 Å². The van der Waals surface area contributed by atoms with Gasteiger partial charge in [0.05, 0.1) is 23.9 Å². The second-order valence-electron chi connectivity index (χ2n) is 7.00. The third-order valence-corrected chi connectivity index (χ3v) is 5.34. The van der Waals surface area contributed by atoms with E-state index < -0.39 is 0 Å². The summed E-state index contributed by atoms with van der Waals surface area (Å²) in [5.41, 5.74) is 4.36. The zero-order valence-electron chi connectivity index (χ0n) is 15.7. The number of hydrogen-bond donors (Lipinski definition) is 2. The first-order valence-electron chi connectivity index (χ1n) is 8.92. The van der Waals surface area contributed by atoms with Gasteiger partial charge in [0, 0.05) is 50.6 Å². The number of nitrogens with zero attached hydrogens (tertiary/aromatic N) is 4. The van der Waals surface area contributed by atoms with Crippen LogP contribution in [0.3, 0.4) is 0 Å². The van der Waals surface area contributed by atoms with Crippen molar-refractivity contribution in [3.05, 3.63) is 34.9 Å². The topological polar surface area (TPSA) is 76.8 Å². The molecule has 0 bridgehead atoms. The minimum atomic E-state index is -0.0736. The molecule has 0 saturated carbocycles. The largest absolute Gasteiger partial charge is 0.349 e. The van der Waals surface area contributed by atoms with Gasteiger partial charge in [-0.2, -0.15) is 10.2 Å². The summed E-state index contributed by atoms with van der Waals surface area (Å²) in [6, 6.07) is -0.00338. The van der Waals surface area contributed by atoms with Gasteiger partial charge in [0.1, 0.15) is 0 Å². The van der Waals surface area contributed by atoms with Gasteiger partial charge < -0.3 is 10.6 Å². The van der Waals surface area contributed by atoms with Crippen molar-refractivity contribution >= 4 is 5.91 Å². The van der Waals surface area contributed by atoms with E-state index in [0.29, 0.717) is 6.54 Å². The van der Waals surface area contributed by atoms with Gasteiger partial charge in [0.15, 0.2) is 0 Å². The van der Waals surface area contributed by atoms with Gasteiger partial charge in [0.2, 0.25) is 5.91 Å². The Balaban J connectivity index is 1.78. The molecule has 3 atom stereocenters. The van der Waals surface area contributed by atoms with Crippen LogP contribution in [0.15, 0.2) is 12.4 Å². The summed E-state index contributed by atoms with van der Waals surface area (Å²) in [4.78, 5) is 13.0. The average molecular weight is 344 g/mol. The number of nitrogens with one attached hydrogen (secondary N) is 2. The number of carbonyl (C=O) groups excluding carboxylic acids is 1. The second-order valence-corrected chi connectivity index (χ2v) is 7.00. The molecule has 1 aliphatic rings. The smallest absolute Gasteiger partial charge is 0.225 e. The molecule has 136 valence electrons. The average Bonchev–Trinajstić information content (AvgIpc) is 3.26. The van der Waals surface area contributed by atoms with Gasteiger partial charge in [-0.05, 0) is 25.8 Å². The third-order valence-electron chi connectivity index (χ3n) is 5.34. The minimum absolute atomic E-state index is 0.00338. The quantitative estimate of drug-likeness (QED) is 0.858. The van der Waals surface area contributed by atoms with Crippen LogP contribution in [0, 0.1) is 19.8 Å². The van der Waals surface area contributed by atoms with Crippen molar-refractivity contribution in [2.75, 3.05) is 13.1 Å². The van der Waals surface area contributed by atoms with E-state index in [2.05, 4.69) is 34.7 Å². The minimum Gasteiger partial charge on any atom is -0.349 e. The zero-order chi connectivity index (χ0) is 18.1. The van der Waals surface area contributed by atoms with E-state index in [-0.39, 0.29) is 23.8 Å². The maximum atomic E-state index is 13.0. The molecule has 3 heterocycles. The molecule has 1 saturated heterocycles. The zero-order valence-corrected chi connectivity index (χ0v) is 15.7. The molecule has 0 aliphatic carbocycles. The molecule has 1 unspecified atom stereocenters. The lowest BCUT2D eigenvalue weighted by Crippen LogP contribution is -2.37. The molecule has 0 aromatic carbocycles. The predicted octanol–water partition coefficient (Wildman–Crippen LogP) is 1.34. The summed E-state index contributed by atoms with van der Waals surface area (Å²) < 4.78 is 3.68. The van der Waals surface area contributed by atoms with Crippen molar-refractivity contribution in [3.63, 3.8) is 0 Å². The highest BCUT2D eigenvalue weighted by Crippen LogP contribution is 2.30. The predicted molar refractivity (Wildman–Crippen MR) is 96.2 cm³/mol. The van der Waals surface area contributed by atoms with Crippen LogP contribution >= 0.6 is 0 Å². The highest BCUT2D eigenvalue weighted by atomic mass is 16.2. The van der Waals surface area contributed by atoms with Crippen LogP contribution in [0.5, 0.6) is 0 Å². The first-order valence-corrected chi connectivity index (χ1v) is 8.92. The Hall–Kier alpha value is -2.15. The first kappa shape index (κ1) is 17.7. The van der Waals surface area contributed by atoms with E-state index in [1.54, 1.807) is 4.68 Å². The highest BCUT2D eigenvalue weighted by molar-refractivity contribution is 5.81. The summed E-state index contributed by atoms with van der Waals surface area (Å²) in [6.07, 6.45) is 4.71. The summed E-state index contributed by atoms with van der Waals surface area (Å²) in [7, 11) is 3.85. The summed E-state index contributed by atoms with van der Waals surface area (Å²) in [5, 5.41) is 15.4. The van der Waals surface area contributed by atoms with E-state index in [0.717, 1.165) is 35.5 Å². The van der Waals surface area contributed by atoms with Crippen LogP contribution in [0.2, 0.25) is 0 Å². The molecular weight excluding hydrogens is 316 g/mol. The molecule has 7 nitrogen and oxygen atoms in total. The Morgan fingerprint density at radius 2 is 2.16 bits per heavy atom. The number of aryl methyl sites for hydroxylation is 3. The summed E-state index contributed by atoms with van der Waals surface area (Å²) >= 11 is 0. The number of rotatable bonds is 5. The van der Waals surface area contributed by atoms with E-state index in [1.807, 2.05) is 38.1 Å². The molecule has 1 amide bonds. The van der Waals surface area contributed by atoms with Crippen molar-refractivity contribution < 1.29 is 4.79 Å². The normalized spacial score (nSPS) is 21.5. The SMILES string of the molecule is CCC(NC(=O)[C@H]1CNC[C@@H]1c1cnn(C)c1)c1c(C)nn(C)c1C. The molecule has 2 aromatic rings. The molecule has 1 fully saturated rings. The number of hydrogen-bond acceptors (Lipinski definition) is 4. The number of aromatic nitrogens is 4. The van der Waals surface area contributed by atoms with Crippen molar-refractivity contribution in [2.45, 2.75) is 39.2 Å². The van der Waals surface area contributed by atoms with Crippen molar-refractivity contribution in [1.82, 2.24) is 30.2 Å². The summed E-state index contributed by atoms with van der Waals surface area (Å²) in [5.74, 6) is 0.200. The Labute approximate surface area is 148 Å². The van der Waals surface area contributed by atoms with Crippen molar-refractivity contribution in [1.29, 1.82) is 0 Å². The van der Waals surface area contributed by atoms with E-state index in [4.69, 9.17) is 0 Å². The molecular formula is C18H28N6O. The standard InChI is InChI=1S/C18H28N6O/c1-6-16(17-11(2)22-24(5)12(17)3)21-18(25)15-9-19-8-14(15)13-7-20-23(4)10-13/h7,10,14-16,19H,6,8-9H2,1-5H3,(H,21,25)/t14-,15+,16?/m1/s1. The fourth-order valence-corrected chi connectivity index (χ4v) is 3.89. The molecule has 25 heavy (non-hydrogen) atoms. The molecule has 2 N–H and O–H groups in total.